The van der Waals surface area contributed by atoms with E-state index < -0.39 is 0 Å². The summed E-state index contributed by atoms with van der Waals surface area (Å²) < 4.78 is 5.90. The Morgan fingerprint density at radius 2 is 1.69 bits per heavy atom. The van der Waals surface area contributed by atoms with Crippen LogP contribution in [-0.2, 0) is 4.79 Å². The number of hydrogen-bond donors (Lipinski definition) is 0. The van der Waals surface area contributed by atoms with Crippen LogP contribution in [0, 0.1) is 0 Å². The van der Waals surface area contributed by atoms with Crippen molar-refractivity contribution in [3.63, 3.8) is 0 Å². The van der Waals surface area contributed by atoms with Crippen LogP contribution >= 0.6 is 35.0 Å². The molecule has 2 aromatic carbocycles. The lowest BCUT2D eigenvalue weighted by Crippen LogP contribution is -2.47. The number of piperazine rings is 1. The number of furan rings is 1. The van der Waals surface area contributed by atoms with Gasteiger partial charge in [-0.1, -0.05) is 41.4 Å². The molecular weight excluding hydrogens is 465 g/mol. The van der Waals surface area contributed by atoms with Gasteiger partial charge < -0.3 is 14.2 Å². The van der Waals surface area contributed by atoms with Crippen LogP contribution in [0.2, 0.25) is 10.0 Å². The molecule has 1 amide bonds. The van der Waals surface area contributed by atoms with Gasteiger partial charge >= 0.3 is 0 Å². The molecule has 8 heteroatoms. The van der Waals surface area contributed by atoms with E-state index in [1.54, 1.807) is 18.2 Å². The normalized spacial score (nSPS) is 17.9. The molecule has 162 valence electrons. The number of rotatable bonds is 3. The molecule has 0 atom stereocenters. The summed E-state index contributed by atoms with van der Waals surface area (Å²) in [6, 6.07) is 19.3. The molecule has 0 N–H and O–H groups in total. The number of amides is 1. The highest BCUT2D eigenvalue weighted by Crippen LogP contribution is 2.34. The molecule has 0 radical (unpaired) electrons. The molecule has 0 unspecified atom stereocenters. The average molecular weight is 484 g/mol. The van der Waals surface area contributed by atoms with E-state index in [4.69, 9.17) is 27.6 Å². The molecule has 5 nitrogen and oxygen atoms in total. The SMILES string of the molecule is O=C1N=C(N2CCN(c3ccccc3)CC2)SC1=Cc1ccc(-c2ccc(Cl)cc2Cl)o1. The summed E-state index contributed by atoms with van der Waals surface area (Å²) in [4.78, 5) is 21.8. The number of benzene rings is 2. The Hall–Kier alpha value is -2.67. The summed E-state index contributed by atoms with van der Waals surface area (Å²) in [7, 11) is 0. The van der Waals surface area contributed by atoms with Gasteiger partial charge in [-0.2, -0.15) is 4.99 Å². The number of carbonyl (C=O) groups is 1. The minimum Gasteiger partial charge on any atom is -0.457 e. The lowest BCUT2D eigenvalue weighted by atomic mass is 10.2. The van der Waals surface area contributed by atoms with E-state index in [1.807, 2.05) is 24.3 Å². The zero-order valence-corrected chi connectivity index (χ0v) is 19.3. The Labute approximate surface area is 200 Å². The molecular formula is C24H19Cl2N3O2S. The van der Waals surface area contributed by atoms with Crippen LogP contribution in [0.1, 0.15) is 5.76 Å². The number of amidine groups is 1. The first kappa shape index (κ1) is 21.2. The van der Waals surface area contributed by atoms with E-state index in [0.29, 0.717) is 26.5 Å². The Kier molecular flexibility index (Phi) is 6.00. The highest BCUT2D eigenvalue weighted by atomic mass is 35.5. The molecule has 3 aromatic rings. The second-order valence-corrected chi connectivity index (χ2v) is 9.30. The molecule has 2 aliphatic rings. The van der Waals surface area contributed by atoms with Crippen molar-refractivity contribution < 1.29 is 9.21 Å². The lowest BCUT2D eigenvalue weighted by Gasteiger charge is -2.36. The first-order chi connectivity index (χ1) is 15.6. The number of aliphatic imine (C=N–C) groups is 1. The molecule has 5 rings (SSSR count). The maximum Gasteiger partial charge on any atom is 0.286 e. The lowest BCUT2D eigenvalue weighted by molar-refractivity contribution is -0.113. The summed E-state index contributed by atoms with van der Waals surface area (Å²) in [5.74, 6) is 0.956. The Bertz CT molecular complexity index is 1210. The maximum atomic E-state index is 12.5. The first-order valence-electron chi connectivity index (χ1n) is 10.2. The summed E-state index contributed by atoms with van der Waals surface area (Å²) >= 11 is 13.6. The number of anilines is 1. The summed E-state index contributed by atoms with van der Waals surface area (Å²) in [5.41, 5.74) is 1.97. The van der Waals surface area contributed by atoms with Crippen LogP contribution in [0.5, 0.6) is 0 Å². The molecule has 1 fully saturated rings. The minimum absolute atomic E-state index is 0.238. The van der Waals surface area contributed by atoms with Crippen molar-refractivity contribution in [3.8, 4) is 11.3 Å². The number of nitrogens with zero attached hydrogens (tertiary/aromatic N) is 3. The fourth-order valence-corrected chi connectivity index (χ4v) is 5.17. The minimum atomic E-state index is -0.238. The first-order valence-corrected chi connectivity index (χ1v) is 11.8. The van der Waals surface area contributed by atoms with E-state index in [0.717, 1.165) is 36.9 Å². The zero-order chi connectivity index (χ0) is 22.1. The Morgan fingerprint density at radius 1 is 0.938 bits per heavy atom. The van der Waals surface area contributed by atoms with E-state index in [-0.39, 0.29) is 5.91 Å². The third kappa shape index (κ3) is 4.44. The number of thioether (sulfide) groups is 1. The van der Waals surface area contributed by atoms with Crippen LogP contribution in [0.4, 0.5) is 5.69 Å². The van der Waals surface area contributed by atoms with Gasteiger partial charge in [0.25, 0.3) is 5.91 Å². The number of hydrogen-bond acceptors (Lipinski definition) is 5. The fourth-order valence-electron chi connectivity index (χ4n) is 3.72. The quantitative estimate of drug-likeness (QED) is 0.424. The van der Waals surface area contributed by atoms with Gasteiger partial charge in [-0.05, 0) is 54.2 Å². The third-order valence-electron chi connectivity index (χ3n) is 5.38. The van der Waals surface area contributed by atoms with Crippen LogP contribution in [-0.4, -0.2) is 42.2 Å². The zero-order valence-electron chi connectivity index (χ0n) is 17.0. The van der Waals surface area contributed by atoms with Gasteiger partial charge in [-0.25, -0.2) is 0 Å². The number of halogens is 2. The summed E-state index contributed by atoms with van der Waals surface area (Å²) in [6.45, 7) is 3.42. The maximum absolute atomic E-state index is 12.5. The molecule has 0 saturated carbocycles. The molecule has 0 bridgehead atoms. The molecule has 2 aliphatic heterocycles. The predicted octanol–water partition coefficient (Wildman–Crippen LogP) is 6.05. The second kappa shape index (κ2) is 9.06. The third-order valence-corrected chi connectivity index (χ3v) is 6.97. The monoisotopic (exact) mass is 483 g/mol. The number of carbonyl (C=O) groups excluding carboxylic acids is 1. The van der Waals surface area contributed by atoms with Crippen LogP contribution in [0.25, 0.3) is 17.4 Å². The summed E-state index contributed by atoms with van der Waals surface area (Å²) in [6.07, 6.45) is 1.73. The van der Waals surface area contributed by atoms with E-state index in [9.17, 15) is 4.79 Å². The molecule has 32 heavy (non-hydrogen) atoms. The van der Waals surface area contributed by atoms with Crippen LogP contribution in [0.3, 0.4) is 0 Å². The van der Waals surface area contributed by atoms with Crippen LogP contribution in [0.15, 0.2) is 75.0 Å². The van der Waals surface area contributed by atoms with Gasteiger partial charge in [-0.15, -0.1) is 0 Å². The Balaban J connectivity index is 1.25. The molecule has 1 aromatic heterocycles. The second-order valence-electron chi connectivity index (χ2n) is 7.45. The highest BCUT2D eigenvalue weighted by Gasteiger charge is 2.29. The van der Waals surface area contributed by atoms with Gasteiger partial charge in [-0.3, -0.25) is 4.79 Å². The van der Waals surface area contributed by atoms with Crippen molar-refractivity contribution in [1.29, 1.82) is 0 Å². The van der Waals surface area contributed by atoms with Gasteiger partial charge in [0.2, 0.25) is 0 Å². The van der Waals surface area contributed by atoms with E-state index in [1.165, 1.54) is 17.4 Å². The molecule has 3 heterocycles. The van der Waals surface area contributed by atoms with Crippen molar-refractivity contribution in [3.05, 3.63) is 81.4 Å². The van der Waals surface area contributed by atoms with Gasteiger partial charge in [0, 0.05) is 48.5 Å². The Morgan fingerprint density at radius 3 is 2.44 bits per heavy atom. The highest BCUT2D eigenvalue weighted by molar-refractivity contribution is 8.18. The van der Waals surface area contributed by atoms with Gasteiger partial charge in [0.05, 0.1) is 9.93 Å². The molecule has 0 aliphatic carbocycles. The number of para-hydroxylation sites is 1. The smallest absolute Gasteiger partial charge is 0.286 e. The van der Waals surface area contributed by atoms with E-state index in [2.05, 4.69) is 39.1 Å². The van der Waals surface area contributed by atoms with Gasteiger partial charge in [0.1, 0.15) is 11.5 Å². The largest absolute Gasteiger partial charge is 0.457 e. The van der Waals surface area contributed by atoms with Crippen molar-refractivity contribution in [1.82, 2.24) is 4.90 Å². The predicted molar refractivity (Wildman–Crippen MR) is 132 cm³/mol. The average Bonchev–Trinajstić information content (AvgIpc) is 3.41. The fraction of sp³-hybridized carbons (Fsp3) is 0.167. The van der Waals surface area contributed by atoms with Gasteiger partial charge in [0.15, 0.2) is 5.17 Å². The van der Waals surface area contributed by atoms with Crippen LogP contribution < -0.4 is 4.90 Å². The van der Waals surface area contributed by atoms with E-state index >= 15 is 0 Å². The van der Waals surface area contributed by atoms with Crippen molar-refractivity contribution in [2.75, 3.05) is 31.1 Å². The topological polar surface area (TPSA) is 49.1 Å². The standard InChI is InChI=1S/C24H19Cl2N3O2S/c25-16-6-8-19(20(26)14-16)21-9-7-18(31-21)15-22-23(30)27-24(32-22)29-12-10-28(11-13-29)17-4-2-1-3-5-17/h1-9,14-15H,10-13H2. The van der Waals surface area contributed by atoms with Crippen molar-refractivity contribution >= 4 is 57.8 Å². The van der Waals surface area contributed by atoms with Crippen molar-refractivity contribution in [2.24, 2.45) is 4.99 Å². The van der Waals surface area contributed by atoms with Crippen molar-refractivity contribution in [2.45, 2.75) is 0 Å². The summed E-state index contributed by atoms with van der Waals surface area (Å²) in [5, 5.41) is 1.83. The molecule has 0 spiro atoms. The molecule has 1 saturated heterocycles.